The molecule has 1 heterocycles. The summed E-state index contributed by atoms with van der Waals surface area (Å²) in [6.07, 6.45) is 4.52. The van der Waals surface area contributed by atoms with Gasteiger partial charge in [0.25, 0.3) is 0 Å². The molecular weight excluding hydrogens is 442 g/mol. The number of pyridine rings is 1. The van der Waals surface area contributed by atoms with Gasteiger partial charge >= 0.3 is 5.97 Å². The maximum absolute atomic E-state index is 13.3. The Morgan fingerprint density at radius 3 is 2.46 bits per heavy atom. The van der Waals surface area contributed by atoms with Crippen LogP contribution in [-0.4, -0.2) is 37.6 Å². The third kappa shape index (κ3) is 5.06. The summed E-state index contributed by atoms with van der Waals surface area (Å²) in [5.41, 5.74) is 4.33. The number of ether oxygens (including phenoxy) is 3. The summed E-state index contributed by atoms with van der Waals surface area (Å²) in [5.74, 6) is 0.715. The van der Waals surface area contributed by atoms with Crippen LogP contribution < -0.4 is 9.47 Å². The Balaban J connectivity index is 1.79. The molecule has 0 saturated heterocycles. The second-order valence-electron chi connectivity index (χ2n) is 9.72. The Bertz CT molecular complexity index is 1320. The van der Waals surface area contributed by atoms with Gasteiger partial charge < -0.3 is 14.2 Å². The summed E-state index contributed by atoms with van der Waals surface area (Å²) in [6.45, 7) is 5.20. The molecule has 4 rings (SSSR count). The Labute approximate surface area is 205 Å². The van der Waals surface area contributed by atoms with Gasteiger partial charge in [-0.2, -0.15) is 0 Å². The van der Waals surface area contributed by atoms with E-state index in [0.717, 1.165) is 46.1 Å². The fourth-order valence-corrected chi connectivity index (χ4v) is 4.27. The van der Waals surface area contributed by atoms with Crippen LogP contribution in [0, 0.1) is 5.41 Å². The molecule has 0 radical (unpaired) electrons. The van der Waals surface area contributed by atoms with Crippen LogP contribution >= 0.6 is 0 Å². The fraction of sp³-hybridized carbons (Fsp3) is 0.345. The van der Waals surface area contributed by atoms with Crippen molar-refractivity contribution in [2.45, 2.75) is 40.0 Å². The van der Waals surface area contributed by atoms with E-state index in [0.29, 0.717) is 23.5 Å². The molecule has 35 heavy (non-hydrogen) atoms. The van der Waals surface area contributed by atoms with Crippen molar-refractivity contribution in [3.8, 4) is 11.5 Å². The molecule has 0 N–H and O–H groups in total. The number of esters is 1. The molecule has 182 valence electrons. The zero-order valence-corrected chi connectivity index (χ0v) is 20.9. The van der Waals surface area contributed by atoms with Crippen LogP contribution in [-0.2, 0) is 16.0 Å². The van der Waals surface area contributed by atoms with E-state index in [-0.39, 0.29) is 12.4 Å². The number of carbonyl (C=O) groups is 2. The van der Waals surface area contributed by atoms with Crippen molar-refractivity contribution in [1.82, 2.24) is 4.98 Å². The lowest BCUT2D eigenvalue weighted by Gasteiger charge is -2.23. The Morgan fingerprint density at radius 1 is 1.00 bits per heavy atom. The number of aromatic nitrogens is 1. The Morgan fingerprint density at radius 2 is 1.74 bits per heavy atom. The number of allylic oxidation sites excluding steroid dienone is 1. The molecule has 0 bridgehead atoms. The van der Waals surface area contributed by atoms with Gasteiger partial charge in [-0.15, -0.1) is 0 Å². The van der Waals surface area contributed by atoms with Gasteiger partial charge in [0.2, 0.25) is 0 Å². The topological polar surface area (TPSA) is 74.7 Å². The first-order valence-electron chi connectivity index (χ1n) is 11.8. The van der Waals surface area contributed by atoms with Crippen LogP contribution in [0.5, 0.6) is 11.5 Å². The first-order valence-corrected chi connectivity index (χ1v) is 11.8. The quantitative estimate of drug-likeness (QED) is 0.415. The lowest BCUT2D eigenvalue weighted by molar-refractivity contribution is -0.129. The van der Waals surface area contributed by atoms with Gasteiger partial charge in [-0.25, -0.2) is 9.78 Å². The van der Waals surface area contributed by atoms with E-state index >= 15 is 0 Å². The molecule has 0 spiro atoms. The molecule has 0 aliphatic heterocycles. The molecule has 1 aliphatic rings. The number of carbonyl (C=O) groups excluding carboxylic acids is 2. The summed E-state index contributed by atoms with van der Waals surface area (Å²) in [7, 11) is 3.22. The Kier molecular flexibility index (Phi) is 6.92. The third-order valence-corrected chi connectivity index (χ3v) is 6.29. The van der Waals surface area contributed by atoms with E-state index < -0.39 is 11.4 Å². The number of Topliss-reactive ketones (excluding diaryl/α,β-unsaturated/α-hetero) is 1. The molecule has 0 fully saturated rings. The molecule has 3 aromatic rings. The summed E-state index contributed by atoms with van der Waals surface area (Å²) in [4.78, 5) is 30.7. The second-order valence-corrected chi connectivity index (χ2v) is 9.72. The molecule has 2 aromatic carbocycles. The van der Waals surface area contributed by atoms with Crippen molar-refractivity contribution < 1.29 is 23.8 Å². The van der Waals surface area contributed by atoms with Gasteiger partial charge in [0.1, 0.15) is 0 Å². The predicted octanol–water partition coefficient (Wildman–Crippen LogP) is 5.90. The highest BCUT2D eigenvalue weighted by Crippen LogP contribution is 2.37. The molecule has 1 aliphatic carbocycles. The lowest BCUT2D eigenvalue weighted by atomic mass is 9.86. The monoisotopic (exact) mass is 473 g/mol. The minimum atomic E-state index is -0.574. The minimum absolute atomic E-state index is 0.118. The van der Waals surface area contributed by atoms with Crippen LogP contribution in [0.4, 0.5) is 0 Å². The smallest absolute Gasteiger partial charge is 0.339 e. The van der Waals surface area contributed by atoms with Crippen LogP contribution in [0.25, 0.3) is 22.6 Å². The highest BCUT2D eigenvalue weighted by Gasteiger charge is 2.28. The molecule has 1 aromatic heterocycles. The van der Waals surface area contributed by atoms with Gasteiger partial charge in [0.05, 0.1) is 31.0 Å². The highest BCUT2D eigenvalue weighted by atomic mass is 16.5. The first-order chi connectivity index (χ1) is 16.7. The summed E-state index contributed by atoms with van der Waals surface area (Å²) < 4.78 is 16.3. The average Bonchev–Trinajstić information content (AvgIpc) is 2.85. The zero-order valence-electron chi connectivity index (χ0n) is 20.9. The number of para-hydroxylation sites is 1. The number of nitrogens with zero attached hydrogens (tertiary/aromatic N) is 1. The van der Waals surface area contributed by atoms with Gasteiger partial charge in [-0.1, -0.05) is 45.0 Å². The number of fused-ring (bicyclic) bond motifs is 2. The fourth-order valence-electron chi connectivity index (χ4n) is 4.27. The van der Waals surface area contributed by atoms with E-state index in [4.69, 9.17) is 19.2 Å². The maximum atomic E-state index is 13.3. The van der Waals surface area contributed by atoms with E-state index in [1.807, 2.05) is 63.2 Å². The van der Waals surface area contributed by atoms with Crippen LogP contribution in [0.2, 0.25) is 0 Å². The number of ketones is 1. The van der Waals surface area contributed by atoms with E-state index in [2.05, 4.69) is 6.08 Å². The minimum Gasteiger partial charge on any atom is -0.493 e. The summed E-state index contributed by atoms with van der Waals surface area (Å²) in [6, 6.07) is 13.3. The van der Waals surface area contributed by atoms with Crippen molar-refractivity contribution in [2.24, 2.45) is 5.41 Å². The maximum Gasteiger partial charge on any atom is 0.339 e. The standard InChI is InChI=1S/C29H31NO5/c1-29(2,3)25(31)17-35-28(32)26-20-10-6-7-12-22(20)30-27-19(9-8-11-21(26)27)15-18-13-14-23(33-4)24(16-18)34-5/h6-7,10,12-16H,8-9,11,17H2,1-5H3/b19-15+. The van der Waals surface area contributed by atoms with Crippen LogP contribution in [0.15, 0.2) is 42.5 Å². The van der Waals surface area contributed by atoms with Crippen molar-refractivity contribution in [1.29, 1.82) is 0 Å². The van der Waals surface area contributed by atoms with Crippen LogP contribution in [0.1, 0.15) is 60.8 Å². The number of hydrogen-bond donors (Lipinski definition) is 0. The highest BCUT2D eigenvalue weighted by molar-refractivity contribution is 6.07. The van der Waals surface area contributed by atoms with Crippen molar-refractivity contribution in [3.05, 3.63) is 64.8 Å². The molecule has 0 unspecified atom stereocenters. The summed E-state index contributed by atoms with van der Waals surface area (Å²) in [5, 5.41) is 0.742. The third-order valence-electron chi connectivity index (χ3n) is 6.29. The van der Waals surface area contributed by atoms with E-state index in [1.54, 1.807) is 14.2 Å². The van der Waals surface area contributed by atoms with Gasteiger partial charge in [-0.05, 0) is 60.2 Å². The number of rotatable bonds is 6. The predicted molar refractivity (Wildman–Crippen MR) is 137 cm³/mol. The van der Waals surface area contributed by atoms with Gasteiger partial charge in [-0.3, -0.25) is 4.79 Å². The average molecular weight is 474 g/mol. The number of hydrogen-bond acceptors (Lipinski definition) is 6. The van der Waals surface area contributed by atoms with Crippen molar-refractivity contribution in [3.63, 3.8) is 0 Å². The van der Waals surface area contributed by atoms with Crippen LogP contribution in [0.3, 0.4) is 0 Å². The largest absolute Gasteiger partial charge is 0.493 e. The van der Waals surface area contributed by atoms with E-state index in [1.165, 1.54) is 0 Å². The van der Waals surface area contributed by atoms with Crippen molar-refractivity contribution >= 4 is 34.3 Å². The normalized spacial score (nSPS) is 14.5. The zero-order chi connectivity index (χ0) is 25.2. The SMILES string of the molecule is COc1ccc(/C=C2\CCCc3c2nc2ccccc2c3C(=O)OCC(=O)C(C)(C)C)cc1OC. The number of benzene rings is 2. The first kappa shape index (κ1) is 24.5. The van der Waals surface area contributed by atoms with Gasteiger partial charge in [0, 0.05) is 10.8 Å². The molecule has 0 atom stereocenters. The van der Waals surface area contributed by atoms with Gasteiger partial charge in [0.15, 0.2) is 23.9 Å². The molecule has 0 saturated carbocycles. The second kappa shape index (κ2) is 9.90. The summed E-state index contributed by atoms with van der Waals surface area (Å²) >= 11 is 0. The Hall–Kier alpha value is -3.67. The lowest BCUT2D eigenvalue weighted by Crippen LogP contribution is -2.27. The molecular formula is C29H31NO5. The number of methoxy groups -OCH3 is 2. The van der Waals surface area contributed by atoms with Crippen molar-refractivity contribution in [2.75, 3.05) is 20.8 Å². The van der Waals surface area contributed by atoms with E-state index in [9.17, 15) is 9.59 Å². The molecule has 6 heteroatoms. The molecule has 0 amide bonds. The molecule has 6 nitrogen and oxygen atoms in total.